The maximum atomic E-state index is 12.7. The molecule has 23 heavy (non-hydrogen) atoms. The lowest BCUT2D eigenvalue weighted by atomic mass is 10.2. The third kappa shape index (κ3) is 3.73. The Balaban J connectivity index is 1.76. The molecule has 0 bridgehead atoms. The van der Waals surface area contributed by atoms with Crippen LogP contribution in [0.2, 0.25) is 0 Å². The summed E-state index contributed by atoms with van der Waals surface area (Å²) in [6.45, 7) is 1.78. The van der Waals surface area contributed by atoms with Crippen LogP contribution in [-0.2, 0) is 19.6 Å². The van der Waals surface area contributed by atoms with E-state index in [1.54, 1.807) is 24.3 Å². The summed E-state index contributed by atoms with van der Waals surface area (Å²) in [5.74, 6) is -0.207. The molecule has 0 aromatic heterocycles. The molecule has 0 spiro atoms. The van der Waals surface area contributed by atoms with E-state index in [-0.39, 0.29) is 23.3 Å². The first-order chi connectivity index (χ1) is 11.1. The number of rotatable bonds is 5. The smallest absolute Gasteiger partial charge is 0.245 e. The lowest BCUT2D eigenvalue weighted by molar-refractivity contribution is -0.118. The van der Waals surface area contributed by atoms with Crippen molar-refractivity contribution in [2.24, 2.45) is 0 Å². The monoisotopic (exact) mass is 338 g/mol. The minimum Gasteiger partial charge on any atom is -0.378 e. The van der Waals surface area contributed by atoms with E-state index in [9.17, 15) is 13.2 Å². The van der Waals surface area contributed by atoms with Gasteiger partial charge in [0.05, 0.1) is 18.2 Å². The van der Waals surface area contributed by atoms with E-state index in [1.165, 1.54) is 4.31 Å². The van der Waals surface area contributed by atoms with Gasteiger partial charge in [-0.05, 0) is 37.8 Å². The predicted molar refractivity (Wildman–Crippen MR) is 86.7 cm³/mol. The predicted octanol–water partition coefficient (Wildman–Crippen LogP) is 1.98. The summed E-state index contributed by atoms with van der Waals surface area (Å²) in [5, 5.41) is 2.74. The van der Waals surface area contributed by atoms with Crippen LogP contribution in [-0.4, -0.2) is 44.4 Å². The quantitative estimate of drug-likeness (QED) is 0.891. The second kappa shape index (κ2) is 6.98. The minimum atomic E-state index is -3.55. The molecule has 1 unspecified atom stereocenters. The van der Waals surface area contributed by atoms with Crippen molar-refractivity contribution in [3.05, 3.63) is 24.3 Å². The zero-order valence-electron chi connectivity index (χ0n) is 13.0. The highest BCUT2D eigenvalue weighted by atomic mass is 32.2. The van der Waals surface area contributed by atoms with Gasteiger partial charge in [0.15, 0.2) is 0 Å². The number of anilines is 1. The molecule has 1 atom stereocenters. The molecule has 2 aliphatic heterocycles. The molecule has 1 amide bonds. The number of hydrogen-bond donors (Lipinski definition) is 1. The van der Waals surface area contributed by atoms with E-state index in [4.69, 9.17) is 4.74 Å². The average molecular weight is 338 g/mol. The van der Waals surface area contributed by atoms with Gasteiger partial charge in [0.25, 0.3) is 0 Å². The fraction of sp³-hybridized carbons (Fsp3) is 0.562. The molecule has 0 radical (unpaired) electrons. The van der Waals surface area contributed by atoms with Crippen LogP contribution >= 0.6 is 0 Å². The van der Waals surface area contributed by atoms with Crippen LogP contribution in [0, 0.1) is 0 Å². The first-order valence-electron chi connectivity index (χ1n) is 8.08. The van der Waals surface area contributed by atoms with Gasteiger partial charge in [-0.15, -0.1) is 0 Å². The van der Waals surface area contributed by atoms with Crippen LogP contribution in [0.3, 0.4) is 0 Å². The van der Waals surface area contributed by atoms with Gasteiger partial charge in [0, 0.05) is 19.7 Å². The molecular formula is C16H22N2O4S. The van der Waals surface area contributed by atoms with Gasteiger partial charge in [0.2, 0.25) is 15.9 Å². The standard InChI is InChI=1S/C16H22N2O4S/c19-16(12-13-6-5-11-22-13)17-14-7-1-2-8-15(14)23(20,21)18-9-3-4-10-18/h1-2,7-8,13H,3-6,9-12H2,(H,17,19). The lowest BCUT2D eigenvalue weighted by Gasteiger charge is -2.18. The number of carbonyl (C=O) groups is 1. The van der Waals surface area contributed by atoms with Gasteiger partial charge in [0.1, 0.15) is 4.90 Å². The Morgan fingerprint density at radius 2 is 1.96 bits per heavy atom. The Morgan fingerprint density at radius 1 is 1.22 bits per heavy atom. The fourth-order valence-corrected chi connectivity index (χ4v) is 4.74. The van der Waals surface area contributed by atoms with Crippen LogP contribution < -0.4 is 5.32 Å². The molecular weight excluding hydrogens is 316 g/mol. The molecule has 2 saturated heterocycles. The van der Waals surface area contributed by atoms with E-state index < -0.39 is 10.0 Å². The topological polar surface area (TPSA) is 75.7 Å². The largest absolute Gasteiger partial charge is 0.378 e. The molecule has 0 aliphatic carbocycles. The highest BCUT2D eigenvalue weighted by molar-refractivity contribution is 7.89. The number of nitrogens with one attached hydrogen (secondary N) is 1. The van der Waals surface area contributed by atoms with Gasteiger partial charge in [-0.2, -0.15) is 4.31 Å². The Hall–Kier alpha value is -1.44. The number of hydrogen-bond acceptors (Lipinski definition) is 4. The first-order valence-corrected chi connectivity index (χ1v) is 9.52. The van der Waals surface area contributed by atoms with E-state index >= 15 is 0 Å². The zero-order valence-corrected chi connectivity index (χ0v) is 13.8. The van der Waals surface area contributed by atoms with Crippen LogP contribution in [0.15, 0.2) is 29.2 Å². The average Bonchev–Trinajstić information content (AvgIpc) is 3.21. The molecule has 0 saturated carbocycles. The van der Waals surface area contributed by atoms with Crippen molar-refractivity contribution < 1.29 is 17.9 Å². The van der Waals surface area contributed by atoms with E-state index in [2.05, 4.69) is 5.32 Å². The molecule has 1 aromatic carbocycles. The van der Waals surface area contributed by atoms with Gasteiger partial charge >= 0.3 is 0 Å². The number of nitrogens with zero attached hydrogens (tertiary/aromatic N) is 1. The minimum absolute atomic E-state index is 0.0580. The third-order valence-electron chi connectivity index (χ3n) is 4.28. The number of carbonyl (C=O) groups excluding carboxylic acids is 1. The van der Waals surface area contributed by atoms with Crippen molar-refractivity contribution >= 4 is 21.6 Å². The molecule has 7 heteroatoms. The highest BCUT2D eigenvalue weighted by Gasteiger charge is 2.29. The number of amides is 1. The van der Waals surface area contributed by atoms with E-state index in [0.717, 1.165) is 25.7 Å². The van der Waals surface area contributed by atoms with Gasteiger partial charge in [-0.3, -0.25) is 4.79 Å². The van der Waals surface area contributed by atoms with Crippen molar-refractivity contribution in [1.82, 2.24) is 4.31 Å². The van der Waals surface area contributed by atoms with Gasteiger partial charge < -0.3 is 10.1 Å². The molecule has 1 aromatic rings. The Labute approximate surface area is 136 Å². The molecule has 2 heterocycles. The van der Waals surface area contributed by atoms with Crippen molar-refractivity contribution in [1.29, 1.82) is 0 Å². The number of sulfonamides is 1. The van der Waals surface area contributed by atoms with Crippen LogP contribution in [0.5, 0.6) is 0 Å². The summed E-state index contributed by atoms with van der Waals surface area (Å²) >= 11 is 0. The molecule has 6 nitrogen and oxygen atoms in total. The summed E-state index contributed by atoms with van der Waals surface area (Å²) in [6.07, 6.45) is 3.81. The van der Waals surface area contributed by atoms with Crippen LogP contribution in [0.25, 0.3) is 0 Å². The Bertz CT molecular complexity index is 662. The summed E-state index contributed by atoms with van der Waals surface area (Å²) in [4.78, 5) is 12.3. The van der Waals surface area contributed by atoms with Crippen molar-refractivity contribution in [3.8, 4) is 0 Å². The lowest BCUT2D eigenvalue weighted by Crippen LogP contribution is -2.29. The van der Waals surface area contributed by atoms with Crippen molar-refractivity contribution in [2.45, 2.75) is 43.1 Å². The number of ether oxygens (including phenoxy) is 1. The van der Waals surface area contributed by atoms with Gasteiger partial charge in [-0.25, -0.2) is 8.42 Å². The van der Waals surface area contributed by atoms with Crippen molar-refractivity contribution in [3.63, 3.8) is 0 Å². The normalized spacial score (nSPS) is 22.3. The van der Waals surface area contributed by atoms with Crippen LogP contribution in [0.4, 0.5) is 5.69 Å². The molecule has 126 valence electrons. The second-order valence-corrected chi connectivity index (χ2v) is 7.90. The maximum Gasteiger partial charge on any atom is 0.245 e. The highest BCUT2D eigenvalue weighted by Crippen LogP contribution is 2.27. The summed E-state index contributed by atoms with van der Waals surface area (Å²) < 4.78 is 32.4. The summed E-state index contributed by atoms with van der Waals surface area (Å²) in [6, 6.07) is 6.59. The Kier molecular flexibility index (Phi) is 4.99. The first kappa shape index (κ1) is 16.4. The summed E-state index contributed by atoms with van der Waals surface area (Å²) in [5.41, 5.74) is 0.349. The zero-order chi connectivity index (χ0) is 16.3. The van der Waals surface area contributed by atoms with E-state index in [0.29, 0.717) is 25.4 Å². The maximum absolute atomic E-state index is 12.7. The number of benzene rings is 1. The fourth-order valence-electron chi connectivity index (χ4n) is 3.08. The SMILES string of the molecule is O=C(CC1CCCO1)Nc1ccccc1S(=O)(=O)N1CCCC1. The Morgan fingerprint density at radius 3 is 2.65 bits per heavy atom. The molecule has 3 rings (SSSR count). The molecule has 2 fully saturated rings. The van der Waals surface area contributed by atoms with E-state index in [1.807, 2.05) is 0 Å². The molecule has 2 aliphatic rings. The van der Waals surface area contributed by atoms with Crippen molar-refractivity contribution in [2.75, 3.05) is 25.0 Å². The van der Waals surface area contributed by atoms with Crippen LogP contribution in [0.1, 0.15) is 32.1 Å². The second-order valence-electron chi connectivity index (χ2n) is 5.99. The summed E-state index contributed by atoms with van der Waals surface area (Å²) in [7, 11) is -3.55. The molecule has 1 N–H and O–H groups in total. The third-order valence-corrected chi connectivity index (χ3v) is 6.24. The van der Waals surface area contributed by atoms with Gasteiger partial charge in [-0.1, -0.05) is 12.1 Å². The number of para-hydroxylation sites is 1.